The number of carbonyl (C=O) groups excluding carboxylic acids is 2. The molecule has 0 spiro atoms. The summed E-state index contributed by atoms with van der Waals surface area (Å²) in [5.41, 5.74) is 2.85. The summed E-state index contributed by atoms with van der Waals surface area (Å²) in [6.07, 6.45) is 3.33. The van der Waals surface area contributed by atoms with Gasteiger partial charge in [0, 0.05) is 81.6 Å². The van der Waals surface area contributed by atoms with Crippen LogP contribution in [0.4, 0.5) is 21.7 Å². The Morgan fingerprint density at radius 3 is 2.31 bits per heavy atom. The molecule has 3 heterocycles. The number of hydrogen-bond donors (Lipinski definition) is 2. The van der Waals surface area contributed by atoms with Crippen LogP contribution in [0.25, 0.3) is 0 Å². The van der Waals surface area contributed by atoms with Gasteiger partial charge in [0.2, 0.25) is 11.8 Å². The van der Waals surface area contributed by atoms with Crippen LogP contribution in [0, 0.1) is 19.7 Å². The molecule has 2 aliphatic rings. The number of carbonyl (C=O) groups is 2. The molecule has 0 atom stereocenters. The summed E-state index contributed by atoms with van der Waals surface area (Å²) in [5, 5.41) is 5.97. The number of piperazine rings is 1. The Kier molecular flexibility index (Phi) is 13.0. The third-order valence-corrected chi connectivity index (χ3v) is 9.87. The molecule has 2 fully saturated rings. The molecule has 0 saturated carbocycles. The van der Waals surface area contributed by atoms with Gasteiger partial charge < -0.3 is 34.5 Å². The van der Waals surface area contributed by atoms with E-state index >= 15 is 4.39 Å². The summed E-state index contributed by atoms with van der Waals surface area (Å²) in [6.45, 7) is 14.6. The highest BCUT2D eigenvalue weighted by Gasteiger charge is 2.23. The molecule has 292 valence electrons. The number of nitrogens with one attached hydrogen (secondary N) is 2. The molecule has 4 aromatic rings. The van der Waals surface area contributed by atoms with Crippen molar-refractivity contribution < 1.29 is 32.9 Å². The van der Waals surface area contributed by atoms with Gasteiger partial charge in [0.05, 0.1) is 7.11 Å². The first-order chi connectivity index (χ1) is 26.6. The molecule has 55 heavy (non-hydrogen) atoms. The topological polar surface area (TPSA) is 131 Å². The summed E-state index contributed by atoms with van der Waals surface area (Å²) >= 11 is 0. The minimum Gasteiger partial charge on any atom is -0.493 e. The Morgan fingerprint density at radius 1 is 0.891 bits per heavy atom. The zero-order chi connectivity index (χ0) is 38.9. The third-order valence-electron chi connectivity index (χ3n) is 9.87. The van der Waals surface area contributed by atoms with Crippen molar-refractivity contribution in [3.63, 3.8) is 0 Å². The van der Waals surface area contributed by atoms with Crippen molar-refractivity contribution in [2.75, 3.05) is 76.8 Å². The number of hydrogen-bond acceptors (Lipinski definition) is 11. The van der Waals surface area contributed by atoms with E-state index in [4.69, 9.17) is 18.9 Å². The quantitative estimate of drug-likeness (QED) is 0.139. The van der Waals surface area contributed by atoms with Gasteiger partial charge in [0.25, 0.3) is 11.8 Å². The fraction of sp³-hybridized carbons (Fsp3) is 0.415. The number of aromatic nitrogens is 2. The molecule has 6 rings (SSSR count). The number of aryl methyl sites for hydroxylation is 2. The summed E-state index contributed by atoms with van der Waals surface area (Å²) in [5.74, 6) is -0.0398. The van der Waals surface area contributed by atoms with Gasteiger partial charge in [-0.2, -0.15) is 4.98 Å². The molecule has 2 aliphatic heterocycles. The van der Waals surface area contributed by atoms with Gasteiger partial charge in [-0.3, -0.25) is 19.4 Å². The van der Waals surface area contributed by atoms with Crippen molar-refractivity contribution in [2.24, 2.45) is 0 Å². The lowest BCUT2D eigenvalue weighted by Crippen LogP contribution is -2.49. The predicted octanol–water partition coefficient (Wildman–Crippen LogP) is 6.44. The number of halogens is 1. The zero-order valence-corrected chi connectivity index (χ0v) is 32.2. The van der Waals surface area contributed by atoms with Crippen LogP contribution in [0.1, 0.15) is 48.2 Å². The molecule has 1 aromatic heterocycles. The molecule has 14 heteroatoms. The van der Waals surface area contributed by atoms with Gasteiger partial charge in [0.15, 0.2) is 29.7 Å². The molecular weight excluding hydrogens is 705 g/mol. The van der Waals surface area contributed by atoms with Gasteiger partial charge in [-0.1, -0.05) is 18.2 Å². The number of benzene rings is 3. The molecular formula is C41H50FN7O6. The van der Waals surface area contributed by atoms with Gasteiger partial charge in [-0.05, 0) is 75.9 Å². The van der Waals surface area contributed by atoms with Crippen LogP contribution in [0.5, 0.6) is 28.9 Å². The number of rotatable bonds is 15. The van der Waals surface area contributed by atoms with Crippen LogP contribution in [-0.2, 0) is 4.79 Å². The lowest BCUT2D eigenvalue weighted by atomic mass is 10.1. The van der Waals surface area contributed by atoms with E-state index in [2.05, 4.69) is 44.2 Å². The van der Waals surface area contributed by atoms with Crippen LogP contribution in [0.3, 0.4) is 0 Å². The van der Waals surface area contributed by atoms with E-state index in [-0.39, 0.29) is 47.2 Å². The fourth-order valence-electron chi connectivity index (χ4n) is 6.59. The summed E-state index contributed by atoms with van der Waals surface area (Å²) in [7, 11) is 1.47. The molecule has 2 saturated heterocycles. The fourth-order valence-corrected chi connectivity index (χ4v) is 6.59. The molecule has 0 bridgehead atoms. The van der Waals surface area contributed by atoms with Crippen LogP contribution >= 0.6 is 0 Å². The number of methoxy groups -OCH3 is 1. The smallest absolute Gasteiger partial charge is 0.262 e. The van der Waals surface area contributed by atoms with E-state index in [1.807, 2.05) is 32.0 Å². The maximum absolute atomic E-state index is 15.2. The SMILES string of the molecule is COc1cc(OCC(=O)N2CCCC2)ccc1Oc1nc(Nc2ccc(OCCN3CCN(C(C)C)CC3)c(F)c2)ncc1C(=O)Nc1c(C)cccc1C. The number of amides is 2. The molecule has 3 aromatic carbocycles. The number of para-hydroxylation sites is 1. The van der Waals surface area contributed by atoms with Crippen LogP contribution in [0.15, 0.2) is 60.8 Å². The Hall–Kier alpha value is -5.47. The van der Waals surface area contributed by atoms with E-state index in [9.17, 15) is 9.59 Å². The van der Waals surface area contributed by atoms with Crippen molar-refractivity contribution in [1.82, 2.24) is 24.7 Å². The first kappa shape index (κ1) is 39.2. The summed E-state index contributed by atoms with van der Waals surface area (Å²) < 4.78 is 38.6. The number of likely N-dealkylation sites (tertiary alicyclic amines) is 1. The minimum absolute atomic E-state index is 0.0485. The zero-order valence-electron chi connectivity index (χ0n) is 32.2. The second kappa shape index (κ2) is 18.2. The maximum Gasteiger partial charge on any atom is 0.262 e. The highest BCUT2D eigenvalue weighted by molar-refractivity contribution is 6.06. The van der Waals surface area contributed by atoms with Crippen LogP contribution in [-0.4, -0.2) is 109 Å². The lowest BCUT2D eigenvalue weighted by molar-refractivity contribution is -0.132. The first-order valence-electron chi connectivity index (χ1n) is 18.7. The van der Waals surface area contributed by atoms with Crippen molar-refractivity contribution in [3.8, 4) is 28.9 Å². The van der Waals surface area contributed by atoms with Gasteiger partial charge in [0.1, 0.15) is 17.9 Å². The van der Waals surface area contributed by atoms with Gasteiger partial charge in [-0.15, -0.1) is 0 Å². The van der Waals surface area contributed by atoms with Crippen LogP contribution < -0.4 is 29.6 Å². The summed E-state index contributed by atoms with van der Waals surface area (Å²) in [6, 6.07) is 15.6. The lowest BCUT2D eigenvalue weighted by Gasteiger charge is -2.36. The molecule has 13 nitrogen and oxygen atoms in total. The molecule has 0 aliphatic carbocycles. The first-order valence-corrected chi connectivity index (χ1v) is 18.7. The molecule has 0 radical (unpaired) electrons. The van der Waals surface area contributed by atoms with Gasteiger partial charge >= 0.3 is 0 Å². The van der Waals surface area contributed by atoms with Crippen molar-refractivity contribution in [2.45, 2.75) is 46.6 Å². The van der Waals surface area contributed by atoms with E-state index in [1.54, 1.807) is 35.2 Å². The monoisotopic (exact) mass is 755 g/mol. The summed E-state index contributed by atoms with van der Waals surface area (Å²) in [4.78, 5) is 41.7. The van der Waals surface area contributed by atoms with E-state index in [0.29, 0.717) is 36.3 Å². The average molecular weight is 756 g/mol. The Labute approximate surface area is 321 Å². The second-order valence-corrected chi connectivity index (χ2v) is 14.0. The van der Waals surface area contributed by atoms with E-state index < -0.39 is 11.7 Å². The third kappa shape index (κ3) is 10.2. The largest absolute Gasteiger partial charge is 0.493 e. The van der Waals surface area contributed by atoms with Crippen molar-refractivity contribution >= 4 is 29.1 Å². The minimum atomic E-state index is -0.537. The number of ether oxygens (including phenoxy) is 4. The van der Waals surface area contributed by atoms with E-state index in [1.165, 1.54) is 19.4 Å². The Morgan fingerprint density at radius 2 is 1.62 bits per heavy atom. The highest BCUT2D eigenvalue weighted by Crippen LogP contribution is 2.36. The maximum atomic E-state index is 15.2. The molecule has 2 N–H and O–H groups in total. The molecule has 2 amide bonds. The Balaban J connectivity index is 1.17. The normalized spacial score (nSPS) is 14.9. The predicted molar refractivity (Wildman–Crippen MR) is 209 cm³/mol. The second-order valence-electron chi connectivity index (χ2n) is 14.0. The Bertz CT molecular complexity index is 1940. The van der Waals surface area contributed by atoms with Crippen molar-refractivity contribution in [3.05, 3.63) is 83.3 Å². The number of nitrogens with zero attached hydrogens (tertiary/aromatic N) is 5. The standard InChI is InChI=1S/C41H50FN7O6/c1-27(2)48-19-17-47(18-20-48)21-22-53-34-13-11-30(23-33(34)42)44-41-43-25-32(39(51)45-38-28(3)9-8-10-29(38)4)40(46-41)55-35-14-12-31(24-36(35)52-5)54-26-37(50)49-15-6-7-16-49/h8-14,23-25,27H,6-7,15-22,26H2,1-5H3,(H,45,51)(H,43,44,46). The number of anilines is 3. The van der Waals surface area contributed by atoms with Crippen molar-refractivity contribution in [1.29, 1.82) is 0 Å². The van der Waals surface area contributed by atoms with Crippen LogP contribution in [0.2, 0.25) is 0 Å². The van der Waals surface area contributed by atoms with Gasteiger partial charge in [-0.25, -0.2) is 9.37 Å². The highest BCUT2D eigenvalue weighted by atomic mass is 19.1. The molecule has 0 unspecified atom stereocenters. The van der Waals surface area contributed by atoms with E-state index in [0.717, 1.165) is 63.2 Å². The average Bonchev–Trinajstić information content (AvgIpc) is 3.73.